The van der Waals surface area contributed by atoms with Crippen molar-refractivity contribution in [2.45, 2.75) is 19.9 Å². The number of ether oxygens (including phenoxy) is 1. The zero-order chi connectivity index (χ0) is 15.0. The average molecular weight is 303 g/mol. The minimum atomic E-state index is 0.0922. The lowest BCUT2D eigenvalue weighted by Gasteiger charge is -2.22. The van der Waals surface area contributed by atoms with E-state index in [9.17, 15) is 0 Å². The molecule has 3 rings (SSSR count). The van der Waals surface area contributed by atoms with Gasteiger partial charge in [-0.15, -0.1) is 11.3 Å². The van der Waals surface area contributed by atoms with Crippen LogP contribution in [-0.2, 0) is 0 Å². The first-order valence-corrected chi connectivity index (χ1v) is 7.57. The molecule has 2 N–H and O–H groups in total. The summed E-state index contributed by atoms with van der Waals surface area (Å²) >= 11 is 1.71. The average Bonchev–Trinajstić information content (AvgIpc) is 3.08. The first-order chi connectivity index (χ1) is 10.1. The molecule has 0 amide bonds. The van der Waals surface area contributed by atoms with Crippen LogP contribution >= 0.6 is 11.3 Å². The zero-order valence-corrected chi connectivity index (χ0v) is 13.0. The van der Waals surface area contributed by atoms with Gasteiger partial charge in [0.25, 0.3) is 0 Å². The van der Waals surface area contributed by atoms with E-state index in [1.165, 1.54) is 11.2 Å². The van der Waals surface area contributed by atoms with E-state index in [0.717, 1.165) is 0 Å². The Labute approximate surface area is 126 Å². The molecule has 0 aromatic carbocycles. The number of thiophene rings is 1. The second-order valence-electron chi connectivity index (χ2n) is 5.10. The number of aromatic nitrogens is 4. The zero-order valence-electron chi connectivity index (χ0n) is 12.1. The second kappa shape index (κ2) is 5.33. The third kappa shape index (κ3) is 2.23. The smallest absolute Gasteiger partial charge is 0.245 e. The molecule has 7 heteroatoms. The summed E-state index contributed by atoms with van der Waals surface area (Å²) in [5, 5.41) is 2.07. The highest BCUT2D eigenvalue weighted by Crippen LogP contribution is 2.35. The summed E-state index contributed by atoms with van der Waals surface area (Å²) in [4.78, 5) is 14.1. The molecule has 0 saturated carbocycles. The number of fused-ring (bicyclic) bond motifs is 1. The minimum Gasteiger partial charge on any atom is -0.479 e. The fourth-order valence-corrected chi connectivity index (χ4v) is 3.53. The van der Waals surface area contributed by atoms with Gasteiger partial charge in [-0.05, 0) is 17.4 Å². The Morgan fingerprint density at radius 2 is 2.14 bits per heavy atom. The molecule has 0 saturated heterocycles. The third-order valence-electron chi connectivity index (χ3n) is 3.41. The van der Waals surface area contributed by atoms with Gasteiger partial charge < -0.3 is 10.5 Å². The summed E-state index contributed by atoms with van der Waals surface area (Å²) in [5.41, 5.74) is 7.45. The maximum Gasteiger partial charge on any atom is 0.245 e. The predicted molar refractivity (Wildman–Crippen MR) is 83.6 cm³/mol. The lowest BCUT2D eigenvalue weighted by atomic mass is 10.0. The van der Waals surface area contributed by atoms with Crippen LogP contribution < -0.4 is 10.5 Å². The summed E-state index contributed by atoms with van der Waals surface area (Å²) in [6.07, 6.45) is 1.48. The minimum absolute atomic E-state index is 0.0922. The number of hydrogen-bond acceptors (Lipinski definition) is 6. The molecule has 0 radical (unpaired) electrons. The third-order valence-corrected chi connectivity index (χ3v) is 4.35. The molecule has 3 heterocycles. The van der Waals surface area contributed by atoms with Crippen molar-refractivity contribution in [3.8, 4) is 5.88 Å². The SMILES string of the molecule is COc1ncnc2c1nc(N)n2C(c1cccs1)C(C)C. The fraction of sp³-hybridized carbons (Fsp3) is 0.357. The lowest BCUT2D eigenvalue weighted by molar-refractivity contribution is 0.401. The van der Waals surface area contributed by atoms with Crippen molar-refractivity contribution in [2.75, 3.05) is 12.8 Å². The van der Waals surface area contributed by atoms with Crippen LogP contribution in [0.4, 0.5) is 5.95 Å². The molecule has 0 aliphatic carbocycles. The van der Waals surface area contributed by atoms with Gasteiger partial charge >= 0.3 is 0 Å². The van der Waals surface area contributed by atoms with Gasteiger partial charge in [0.1, 0.15) is 6.33 Å². The molecule has 0 aliphatic heterocycles. The number of nitrogens with two attached hydrogens (primary N) is 1. The van der Waals surface area contributed by atoms with E-state index in [-0.39, 0.29) is 6.04 Å². The summed E-state index contributed by atoms with van der Waals surface area (Å²) in [6.45, 7) is 4.32. The molecule has 110 valence electrons. The van der Waals surface area contributed by atoms with Gasteiger partial charge in [-0.3, -0.25) is 4.57 Å². The van der Waals surface area contributed by atoms with E-state index in [4.69, 9.17) is 10.5 Å². The summed E-state index contributed by atoms with van der Waals surface area (Å²) in [5.74, 6) is 1.22. The molecule has 21 heavy (non-hydrogen) atoms. The van der Waals surface area contributed by atoms with Crippen molar-refractivity contribution >= 4 is 28.4 Å². The molecule has 0 bridgehead atoms. The standard InChI is InChI=1S/C14H17N5OS/c1-8(2)11(9-5-4-6-21-9)19-12-10(18-14(19)15)13(20-3)17-7-16-12/h4-8,11H,1-3H3,(H2,15,18). The van der Waals surface area contributed by atoms with Crippen LogP contribution in [0.25, 0.3) is 11.2 Å². The van der Waals surface area contributed by atoms with Crippen LogP contribution in [0.15, 0.2) is 23.8 Å². The number of anilines is 1. The van der Waals surface area contributed by atoms with Gasteiger partial charge in [0.15, 0.2) is 11.2 Å². The molecule has 1 atom stereocenters. The van der Waals surface area contributed by atoms with Crippen molar-refractivity contribution in [3.05, 3.63) is 28.7 Å². The Kier molecular flexibility index (Phi) is 3.50. The van der Waals surface area contributed by atoms with Crippen LogP contribution in [0.1, 0.15) is 24.8 Å². The van der Waals surface area contributed by atoms with Crippen LogP contribution in [0, 0.1) is 5.92 Å². The number of hydrogen-bond donors (Lipinski definition) is 1. The summed E-state index contributed by atoms with van der Waals surface area (Å²) < 4.78 is 7.22. The maximum atomic E-state index is 6.15. The van der Waals surface area contributed by atoms with Crippen LogP contribution in [0.2, 0.25) is 0 Å². The number of imidazole rings is 1. The first-order valence-electron chi connectivity index (χ1n) is 6.69. The van der Waals surface area contributed by atoms with E-state index in [2.05, 4.69) is 40.2 Å². The molecule has 0 spiro atoms. The highest BCUT2D eigenvalue weighted by molar-refractivity contribution is 7.10. The molecule has 0 fully saturated rings. The van der Waals surface area contributed by atoms with Crippen molar-refractivity contribution in [1.82, 2.24) is 19.5 Å². The molecule has 6 nitrogen and oxygen atoms in total. The van der Waals surface area contributed by atoms with Gasteiger partial charge in [-0.25, -0.2) is 9.97 Å². The highest BCUT2D eigenvalue weighted by Gasteiger charge is 2.25. The second-order valence-corrected chi connectivity index (χ2v) is 6.08. The van der Waals surface area contributed by atoms with E-state index in [1.807, 2.05) is 10.6 Å². The van der Waals surface area contributed by atoms with Crippen molar-refractivity contribution < 1.29 is 4.74 Å². The van der Waals surface area contributed by atoms with Crippen LogP contribution in [0.3, 0.4) is 0 Å². The highest BCUT2D eigenvalue weighted by atomic mass is 32.1. The largest absolute Gasteiger partial charge is 0.479 e. The molecule has 3 aromatic heterocycles. The van der Waals surface area contributed by atoms with Crippen molar-refractivity contribution in [2.24, 2.45) is 5.92 Å². The van der Waals surface area contributed by atoms with Gasteiger partial charge in [-0.2, -0.15) is 4.98 Å². The van der Waals surface area contributed by atoms with E-state index < -0.39 is 0 Å². The molecular weight excluding hydrogens is 286 g/mol. The van der Waals surface area contributed by atoms with Gasteiger partial charge in [0.2, 0.25) is 11.8 Å². The van der Waals surface area contributed by atoms with Crippen LogP contribution in [-0.4, -0.2) is 26.6 Å². The summed E-state index contributed by atoms with van der Waals surface area (Å²) in [6, 6.07) is 4.24. The van der Waals surface area contributed by atoms with Crippen molar-refractivity contribution in [3.63, 3.8) is 0 Å². The Morgan fingerprint density at radius 3 is 2.76 bits per heavy atom. The van der Waals surface area contributed by atoms with E-state index in [0.29, 0.717) is 28.9 Å². The number of rotatable bonds is 4. The molecular formula is C14H17N5OS. The Bertz CT molecular complexity index is 750. The predicted octanol–water partition coefficient (Wildman–Crippen LogP) is 2.72. The molecule has 3 aromatic rings. The first kappa shape index (κ1) is 13.8. The maximum absolute atomic E-state index is 6.15. The van der Waals surface area contributed by atoms with Gasteiger partial charge in [0, 0.05) is 4.88 Å². The lowest BCUT2D eigenvalue weighted by Crippen LogP contribution is -2.18. The normalized spacial score (nSPS) is 13.0. The molecule has 0 aliphatic rings. The van der Waals surface area contributed by atoms with Gasteiger partial charge in [0.05, 0.1) is 13.2 Å². The quantitative estimate of drug-likeness (QED) is 0.801. The molecule has 1 unspecified atom stereocenters. The summed E-state index contributed by atoms with van der Waals surface area (Å²) in [7, 11) is 1.57. The number of nitrogen functional groups attached to an aromatic ring is 1. The van der Waals surface area contributed by atoms with E-state index >= 15 is 0 Å². The number of nitrogens with zero attached hydrogens (tertiary/aromatic N) is 4. The van der Waals surface area contributed by atoms with E-state index in [1.54, 1.807) is 18.4 Å². The van der Waals surface area contributed by atoms with Crippen molar-refractivity contribution in [1.29, 1.82) is 0 Å². The van der Waals surface area contributed by atoms with Crippen LogP contribution in [0.5, 0.6) is 5.88 Å². The number of methoxy groups -OCH3 is 1. The fourth-order valence-electron chi connectivity index (χ4n) is 2.54. The Balaban J connectivity index is 2.25. The van der Waals surface area contributed by atoms with Gasteiger partial charge in [-0.1, -0.05) is 19.9 Å². The monoisotopic (exact) mass is 303 g/mol. The topological polar surface area (TPSA) is 78.8 Å². The Hall–Kier alpha value is -2.15. The Morgan fingerprint density at radius 1 is 1.33 bits per heavy atom.